The van der Waals surface area contributed by atoms with E-state index in [0.717, 1.165) is 0 Å². The van der Waals surface area contributed by atoms with E-state index in [1.807, 2.05) is 6.07 Å². The number of rotatable bonds is 3. The first kappa shape index (κ1) is 17.4. The van der Waals surface area contributed by atoms with Gasteiger partial charge in [0.2, 0.25) is 0 Å². The van der Waals surface area contributed by atoms with Crippen LogP contribution in [0.4, 0.5) is 0 Å². The van der Waals surface area contributed by atoms with E-state index in [1.54, 1.807) is 47.2 Å². The molecule has 1 saturated heterocycles. The summed E-state index contributed by atoms with van der Waals surface area (Å²) in [6, 6.07) is 12.1. The van der Waals surface area contributed by atoms with E-state index in [0.29, 0.717) is 43.1 Å². The summed E-state index contributed by atoms with van der Waals surface area (Å²) in [5.74, 6) is 0.421. The van der Waals surface area contributed by atoms with Gasteiger partial charge in [-0.1, -0.05) is 6.07 Å². The fourth-order valence-electron chi connectivity index (χ4n) is 2.82. The van der Waals surface area contributed by atoms with Gasteiger partial charge in [0.05, 0.1) is 12.7 Å². The largest absolute Gasteiger partial charge is 0.497 e. The van der Waals surface area contributed by atoms with Crippen LogP contribution < -0.4 is 4.74 Å². The van der Waals surface area contributed by atoms with Crippen molar-refractivity contribution in [3.05, 3.63) is 59.4 Å². The maximum Gasteiger partial charge on any atom is 0.255 e. The fraction of sp³-hybridized carbons (Fsp3) is 0.263. The van der Waals surface area contributed by atoms with Gasteiger partial charge in [-0.15, -0.1) is 0 Å². The van der Waals surface area contributed by atoms with Crippen molar-refractivity contribution in [2.24, 2.45) is 0 Å². The third-order valence-electron chi connectivity index (χ3n) is 4.30. The van der Waals surface area contributed by atoms with Crippen LogP contribution in [0.15, 0.2) is 42.6 Å². The predicted molar refractivity (Wildman–Crippen MR) is 93.8 cm³/mol. The molecule has 0 N–H and O–H groups in total. The maximum atomic E-state index is 12.6. The van der Waals surface area contributed by atoms with Crippen molar-refractivity contribution in [1.82, 2.24) is 14.8 Å². The number of carbonyl (C=O) groups is 2. The summed E-state index contributed by atoms with van der Waals surface area (Å²) in [4.78, 5) is 32.5. The van der Waals surface area contributed by atoms with E-state index in [-0.39, 0.29) is 17.5 Å². The number of amides is 2. The molecule has 26 heavy (non-hydrogen) atoms. The molecule has 132 valence electrons. The molecule has 7 heteroatoms. The summed E-state index contributed by atoms with van der Waals surface area (Å²) >= 11 is 0. The molecule has 1 aromatic carbocycles. The van der Waals surface area contributed by atoms with Gasteiger partial charge in [0.15, 0.2) is 0 Å². The normalized spacial score (nSPS) is 13.8. The summed E-state index contributed by atoms with van der Waals surface area (Å²) in [7, 11) is 1.56. The number of carbonyl (C=O) groups excluding carboxylic acids is 2. The summed E-state index contributed by atoms with van der Waals surface area (Å²) in [5.41, 5.74) is 1.28. The van der Waals surface area contributed by atoms with Gasteiger partial charge in [0.25, 0.3) is 11.8 Å². The van der Waals surface area contributed by atoms with E-state index in [2.05, 4.69) is 4.98 Å². The number of pyridine rings is 1. The highest BCUT2D eigenvalue weighted by Gasteiger charge is 2.25. The average Bonchev–Trinajstić information content (AvgIpc) is 2.73. The van der Waals surface area contributed by atoms with Gasteiger partial charge in [0, 0.05) is 37.9 Å². The van der Waals surface area contributed by atoms with E-state index in [4.69, 9.17) is 10.00 Å². The Morgan fingerprint density at radius 3 is 2.23 bits per heavy atom. The summed E-state index contributed by atoms with van der Waals surface area (Å²) < 4.78 is 5.16. The standard InChI is InChI=1S/C19H18N4O3/c1-26-17-4-2-3-14(11-17)18(24)22-7-9-23(10-8-22)19(25)15-5-6-16(12-20)21-13-15/h2-6,11,13H,7-10H2,1H3. The Morgan fingerprint density at radius 1 is 1.04 bits per heavy atom. The Bertz CT molecular complexity index is 850. The van der Waals surface area contributed by atoms with Crippen LogP contribution in [0.3, 0.4) is 0 Å². The lowest BCUT2D eigenvalue weighted by Crippen LogP contribution is -2.50. The van der Waals surface area contributed by atoms with E-state index < -0.39 is 0 Å². The zero-order valence-electron chi connectivity index (χ0n) is 14.4. The summed E-state index contributed by atoms with van der Waals surface area (Å²) in [6.45, 7) is 1.83. The Balaban J connectivity index is 1.62. The molecule has 1 fully saturated rings. The monoisotopic (exact) mass is 350 g/mol. The van der Waals surface area contributed by atoms with Crippen molar-refractivity contribution in [3.8, 4) is 11.8 Å². The Kier molecular flexibility index (Phi) is 5.13. The number of benzene rings is 1. The van der Waals surface area contributed by atoms with E-state index >= 15 is 0 Å². The first-order chi connectivity index (χ1) is 12.6. The van der Waals surface area contributed by atoms with Crippen LogP contribution >= 0.6 is 0 Å². The fourth-order valence-corrected chi connectivity index (χ4v) is 2.82. The zero-order valence-corrected chi connectivity index (χ0v) is 14.4. The van der Waals surface area contributed by atoms with Crippen molar-refractivity contribution in [1.29, 1.82) is 5.26 Å². The van der Waals surface area contributed by atoms with Gasteiger partial charge in [-0.3, -0.25) is 9.59 Å². The van der Waals surface area contributed by atoms with Crippen molar-refractivity contribution in [2.45, 2.75) is 0 Å². The third kappa shape index (κ3) is 3.64. The second kappa shape index (κ2) is 7.66. The Morgan fingerprint density at radius 2 is 1.69 bits per heavy atom. The minimum absolute atomic E-state index is 0.0731. The van der Waals surface area contributed by atoms with Gasteiger partial charge in [-0.2, -0.15) is 5.26 Å². The molecule has 7 nitrogen and oxygen atoms in total. The van der Waals surface area contributed by atoms with Crippen molar-refractivity contribution in [3.63, 3.8) is 0 Å². The number of piperazine rings is 1. The zero-order chi connectivity index (χ0) is 18.5. The molecule has 0 bridgehead atoms. The lowest BCUT2D eigenvalue weighted by Gasteiger charge is -2.34. The molecule has 1 aliphatic rings. The first-order valence-corrected chi connectivity index (χ1v) is 8.21. The van der Waals surface area contributed by atoms with Crippen LogP contribution in [0.2, 0.25) is 0 Å². The number of aromatic nitrogens is 1. The quantitative estimate of drug-likeness (QED) is 0.838. The first-order valence-electron chi connectivity index (χ1n) is 8.21. The molecule has 0 spiro atoms. The minimum atomic E-state index is -0.143. The molecule has 2 heterocycles. The lowest BCUT2D eigenvalue weighted by atomic mass is 10.1. The van der Waals surface area contributed by atoms with Crippen LogP contribution in [0.25, 0.3) is 0 Å². The average molecular weight is 350 g/mol. The number of hydrogen-bond donors (Lipinski definition) is 0. The van der Waals surface area contributed by atoms with E-state index in [9.17, 15) is 9.59 Å². The SMILES string of the molecule is COc1cccc(C(=O)N2CCN(C(=O)c3ccc(C#N)nc3)CC2)c1. The minimum Gasteiger partial charge on any atom is -0.497 e. The van der Waals surface area contributed by atoms with Crippen molar-refractivity contribution in [2.75, 3.05) is 33.3 Å². The smallest absolute Gasteiger partial charge is 0.255 e. The van der Waals surface area contributed by atoms with Crippen LogP contribution in [0, 0.1) is 11.3 Å². The molecule has 2 aromatic rings. The third-order valence-corrected chi connectivity index (χ3v) is 4.30. The summed E-state index contributed by atoms with van der Waals surface area (Å²) in [5, 5.41) is 8.77. The number of methoxy groups -OCH3 is 1. The predicted octanol–water partition coefficient (Wildman–Crippen LogP) is 1.56. The van der Waals surface area contributed by atoms with Crippen molar-refractivity contribution < 1.29 is 14.3 Å². The molecule has 1 aliphatic heterocycles. The summed E-state index contributed by atoms with van der Waals surface area (Å²) in [6.07, 6.45) is 1.41. The van der Waals surface area contributed by atoms with Crippen LogP contribution in [-0.4, -0.2) is 59.9 Å². The maximum absolute atomic E-state index is 12.6. The number of nitrogens with zero attached hydrogens (tertiary/aromatic N) is 4. The van der Waals surface area contributed by atoms with Gasteiger partial charge >= 0.3 is 0 Å². The molecule has 0 radical (unpaired) electrons. The highest BCUT2D eigenvalue weighted by molar-refractivity contribution is 5.96. The molecule has 0 unspecified atom stereocenters. The van der Waals surface area contributed by atoms with Crippen LogP contribution in [0.5, 0.6) is 5.75 Å². The van der Waals surface area contributed by atoms with Crippen molar-refractivity contribution >= 4 is 11.8 Å². The molecule has 2 amide bonds. The van der Waals surface area contributed by atoms with Gasteiger partial charge in [-0.05, 0) is 30.3 Å². The van der Waals surface area contributed by atoms with E-state index in [1.165, 1.54) is 12.3 Å². The van der Waals surface area contributed by atoms with Gasteiger partial charge < -0.3 is 14.5 Å². The van der Waals surface area contributed by atoms with Crippen LogP contribution in [0.1, 0.15) is 26.4 Å². The number of ether oxygens (including phenoxy) is 1. The molecule has 0 saturated carbocycles. The Labute approximate surface area is 151 Å². The molecular weight excluding hydrogens is 332 g/mol. The van der Waals surface area contributed by atoms with Gasteiger partial charge in [0.1, 0.15) is 17.5 Å². The Hall–Kier alpha value is -3.40. The van der Waals surface area contributed by atoms with Gasteiger partial charge in [-0.25, -0.2) is 4.98 Å². The topological polar surface area (TPSA) is 86.5 Å². The molecule has 3 rings (SSSR count). The molecule has 0 atom stereocenters. The second-order valence-corrected chi connectivity index (χ2v) is 5.86. The number of nitriles is 1. The second-order valence-electron chi connectivity index (χ2n) is 5.86. The lowest BCUT2D eigenvalue weighted by molar-refractivity contribution is 0.0535. The highest BCUT2D eigenvalue weighted by Crippen LogP contribution is 2.16. The highest BCUT2D eigenvalue weighted by atomic mass is 16.5. The molecule has 0 aliphatic carbocycles. The number of hydrogen-bond acceptors (Lipinski definition) is 5. The van der Waals surface area contributed by atoms with Crippen LogP contribution in [-0.2, 0) is 0 Å². The molecular formula is C19H18N4O3. The molecule has 1 aromatic heterocycles.